The second-order valence-electron chi connectivity index (χ2n) is 11.0. The minimum absolute atomic E-state index is 0.0962. The van der Waals surface area contributed by atoms with E-state index >= 15 is 0 Å². The summed E-state index contributed by atoms with van der Waals surface area (Å²) in [5.41, 5.74) is 1.57. The molecule has 0 unspecified atom stereocenters. The number of hydrogen-bond acceptors (Lipinski definition) is 4. The normalized spacial score (nSPS) is 47.4. The highest BCUT2D eigenvalue weighted by Crippen LogP contribution is 2.66. The molecule has 0 spiro atoms. The second-order valence-corrected chi connectivity index (χ2v) is 11.0. The fourth-order valence-corrected chi connectivity index (χ4v) is 8.11. The Balaban J connectivity index is 1.59. The van der Waals surface area contributed by atoms with Crippen LogP contribution in [0.4, 0.5) is 0 Å². The van der Waals surface area contributed by atoms with E-state index in [0.29, 0.717) is 36.0 Å². The van der Waals surface area contributed by atoms with Gasteiger partial charge in [-0.25, -0.2) is 0 Å². The van der Waals surface area contributed by atoms with E-state index in [4.69, 9.17) is 4.74 Å². The largest absolute Gasteiger partial charge is 0.469 e. The number of methoxy groups -OCH3 is 1. The molecule has 2 N–H and O–H groups in total. The number of hydrogen-bond donors (Lipinski definition) is 2. The van der Waals surface area contributed by atoms with Gasteiger partial charge in [0.05, 0.1) is 19.3 Å². The SMILES string of the molecule is COC(=O)CC[C@@H](C)[C@H]1CC[C@H]2[C@@H]3CC[C@@H]4C[C@H](O)CC[C@]4(C)C3=C[C@@H](O)[C@]12C. The fraction of sp³-hybridized carbons (Fsp3) is 0.880. The first kappa shape index (κ1) is 21.4. The maximum atomic E-state index is 11.6. The topological polar surface area (TPSA) is 66.8 Å². The molecule has 0 aromatic rings. The van der Waals surface area contributed by atoms with E-state index in [1.54, 1.807) is 0 Å². The number of carbonyl (C=O) groups excluding carboxylic acids is 1. The lowest BCUT2D eigenvalue weighted by Crippen LogP contribution is -2.53. The van der Waals surface area contributed by atoms with Crippen molar-refractivity contribution in [1.82, 2.24) is 0 Å². The Morgan fingerprint density at radius 2 is 1.97 bits per heavy atom. The molecule has 0 radical (unpaired) electrons. The van der Waals surface area contributed by atoms with Crippen LogP contribution in [0.3, 0.4) is 0 Å². The molecule has 0 aliphatic heterocycles. The highest BCUT2D eigenvalue weighted by Gasteiger charge is 2.60. The summed E-state index contributed by atoms with van der Waals surface area (Å²) in [7, 11) is 1.46. The molecule has 3 fully saturated rings. The van der Waals surface area contributed by atoms with E-state index in [1.165, 1.54) is 31.9 Å². The zero-order valence-corrected chi connectivity index (χ0v) is 18.7. The Bertz CT molecular complexity index is 672. The summed E-state index contributed by atoms with van der Waals surface area (Å²) in [5, 5.41) is 21.7. The third-order valence-corrected chi connectivity index (χ3v) is 9.90. The third-order valence-electron chi connectivity index (χ3n) is 9.90. The van der Waals surface area contributed by atoms with E-state index in [1.807, 2.05) is 0 Å². The zero-order chi connectivity index (χ0) is 21.0. The summed E-state index contributed by atoms with van der Waals surface area (Å²) in [6, 6.07) is 0. The number of aliphatic hydroxyl groups excluding tert-OH is 2. The summed E-state index contributed by atoms with van der Waals surface area (Å²) >= 11 is 0. The predicted molar refractivity (Wildman–Crippen MR) is 113 cm³/mol. The molecule has 0 heterocycles. The summed E-state index contributed by atoms with van der Waals surface area (Å²) in [6.07, 6.45) is 10.6. The number of aliphatic hydroxyl groups is 2. The second kappa shape index (κ2) is 7.67. The van der Waals surface area contributed by atoms with Crippen LogP contribution in [0.5, 0.6) is 0 Å². The lowest BCUT2D eigenvalue weighted by Gasteiger charge is -2.58. The van der Waals surface area contributed by atoms with E-state index in [2.05, 4.69) is 26.8 Å². The summed E-state index contributed by atoms with van der Waals surface area (Å²) in [4.78, 5) is 11.6. The zero-order valence-electron chi connectivity index (χ0n) is 18.7. The molecule has 4 nitrogen and oxygen atoms in total. The molecular formula is C25H40O4. The van der Waals surface area contributed by atoms with Gasteiger partial charge in [0.15, 0.2) is 0 Å². The first-order valence-corrected chi connectivity index (χ1v) is 11.9. The summed E-state index contributed by atoms with van der Waals surface area (Å²) < 4.78 is 4.84. The van der Waals surface area contributed by atoms with Gasteiger partial charge >= 0.3 is 5.97 Å². The Morgan fingerprint density at radius 1 is 1.21 bits per heavy atom. The molecule has 29 heavy (non-hydrogen) atoms. The van der Waals surface area contributed by atoms with Crippen LogP contribution in [0.15, 0.2) is 11.6 Å². The molecule has 3 saturated carbocycles. The Morgan fingerprint density at radius 3 is 2.69 bits per heavy atom. The standard InChI is InChI=1S/C25H40O4/c1-15(5-10-23(28)29-4)19-8-9-20-18-7-6-16-13-17(26)11-12-24(16,2)21(18)14-22(27)25(19,20)3/h14-20,22,26-27H,5-13H2,1-4H3/t15-,16-,17-,18+,19-,20+,22-,24+,25-/m1/s1. The Kier molecular flexibility index (Phi) is 5.65. The molecule has 0 saturated heterocycles. The predicted octanol–water partition coefficient (Wildman–Crippen LogP) is 4.49. The first-order valence-electron chi connectivity index (χ1n) is 11.9. The van der Waals surface area contributed by atoms with Gasteiger partial charge in [0.1, 0.15) is 0 Å². The molecule has 4 aliphatic carbocycles. The smallest absolute Gasteiger partial charge is 0.305 e. The summed E-state index contributed by atoms with van der Waals surface area (Å²) in [6.45, 7) is 6.98. The average molecular weight is 405 g/mol. The molecule has 9 atom stereocenters. The van der Waals surface area contributed by atoms with Crippen molar-refractivity contribution in [2.75, 3.05) is 7.11 Å². The van der Waals surface area contributed by atoms with Crippen molar-refractivity contribution in [1.29, 1.82) is 0 Å². The summed E-state index contributed by atoms with van der Waals surface area (Å²) in [5.74, 6) is 2.40. The van der Waals surface area contributed by atoms with Crippen LogP contribution in [-0.2, 0) is 9.53 Å². The molecule has 4 rings (SSSR count). The quantitative estimate of drug-likeness (QED) is 0.535. The lowest BCUT2D eigenvalue weighted by atomic mass is 9.47. The minimum Gasteiger partial charge on any atom is -0.469 e. The monoisotopic (exact) mass is 404 g/mol. The molecule has 0 bridgehead atoms. The van der Waals surface area contributed by atoms with Crippen LogP contribution < -0.4 is 0 Å². The van der Waals surface area contributed by atoms with Gasteiger partial charge in [-0.15, -0.1) is 0 Å². The van der Waals surface area contributed by atoms with Crippen molar-refractivity contribution in [3.05, 3.63) is 11.6 Å². The van der Waals surface area contributed by atoms with Crippen LogP contribution >= 0.6 is 0 Å². The van der Waals surface area contributed by atoms with Crippen molar-refractivity contribution in [2.45, 2.75) is 90.8 Å². The number of allylic oxidation sites excluding steroid dienone is 1. The van der Waals surface area contributed by atoms with E-state index in [-0.39, 0.29) is 22.9 Å². The van der Waals surface area contributed by atoms with Crippen molar-refractivity contribution < 1.29 is 19.7 Å². The molecule has 0 amide bonds. The maximum absolute atomic E-state index is 11.6. The van der Waals surface area contributed by atoms with Gasteiger partial charge < -0.3 is 14.9 Å². The van der Waals surface area contributed by atoms with Gasteiger partial charge in [-0.3, -0.25) is 4.79 Å². The van der Waals surface area contributed by atoms with Crippen LogP contribution in [0.1, 0.15) is 78.6 Å². The van der Waals surface area contributed by atoms with Crippen LogP contribution in [0.25, 0.3) is 0 Å². The average Bonchev–Trinajstić information content (AvgIpc) is 3.06. The first-order chi connectivity index (χ1) is 13.7. The fourth-order valence-electron chi connectivity index (χ4n) is 8.11. The highest BCUT2D eigenvalue weighted by molar-refractivity contribution is 5.69. The Hall–Kier alpha value is -0.870. The molecule has 4 heteroatoms. The van der Waals surface area contributed by atoms with Gasteiger partial charge in [0, 0.05) is 11.8 Å². The van der Waals surface area contributed by atoms with Crippen molar-refractivity contribution in [3.63, 3.8) is 0 Å². The van der Waals surface area contributed by atoms with Crippen molar-refractivity contribution in [3.8, 4) is 0 Å². The lowest BCUT2D eigenvalue weighted by molar-refractivity contribution is -0.141. The van der Waals surface area contributed by atoms with Crippen LogP contribution in [0.2, 0.25) is 0 Å². The number of carbonyl (C=O) groups is 1. The highest BCUT2D eigenvalue weighted by atomic mass is 16.5. The molecule has 4 aliphatic rings. The van der Waals surface area contributed by atoms with Crippen molar-refractivity contribution in [2.24, 2.45) is 40.4 Å². The molecule has 0 aromatic carbocycles. The van der Waals surface area contributed by atoms with E-state index in [9.17, 15) is 15.0 Å². The Labute approximate surface area is 176 Å². The van der Waals surface area contributed by atoms with Crippen molar-refractivity contribution >= 4 is 5.97 Å². The molecular weight excluding hydrogens is 364 g/mol. The van der Waals surface area contributed by atoms with E-state index in [0.717, 1.165) is 32.1 Å². The van der Waals surface area contributed by atoms with E-state index < -0.39 is 6.10 Å². The van der Waals surface area contributed by atoms with Gasteiger partial charge in [-0.05, 0) is 86.4 Å². The third kappa shape index (κ3) is 3.29. The van der Waals surface area contributed by atoms with Gasteiger partial charge in [0.25, 0.3) is 0 Å². The number of esters is 1. The number of fused-ring (bicyclic) bond motifs is 5. The van der Waals surface area contributed by atoms with Gasteiger partial charge in [0.2, 0.25) is 0 Å². The maximum Gasteiger partial charge on any atom is 0.305 e. The molecule has 164 valence electrons. The molecule has 0 aromatic heterocycles. The van der Waals surface area contributed by atoms with Gasteiger partial charge in [-0.1, -0.05) is 32.4 Å². The minimum atomic E-state index is -0.408. The van der Waals surface area contributed by atoms with Crippen LogP contribution in [-0.4, -0.2) is 35.5 Å². The van der Waals surface area contributed by atoms with Crippen LogP contribution in [0, 0.1) is 40.4 Å². The number of ether oxygens (including phenoxy) is 1. The number of rotatable bonds is 4. The van der Waals surface area contributed by atoms with Gasteiger partial charge in [-0.2, -0.15) is 0 Å².